The number of allylic oxidation sites excluding steroid dienone is 1. The third kappa shape index (κ3) is 24.4. The molecule has 0 fully saturated rings. The van der Waals surface area contributed by atoms with Crippen LogP contribution in [0.4, 0.5) is 0 Å². The molecule has 0 unspecified atom stereocenters. The summed E-state index contributed by atoms with van der Waals surface area (Å²) in [5.41, 5.74) is -0.753. The van der Waals surface area contributed by atoms with Crippen LogP contribution in [0.1, 0.15) is 55.4 Å². The van der Waals surface area contributed by atoms with E-state index in [4.69, 9.17) is 21.4 Å². The second-order valence-corrected chi connectivity index (χ2v) is 6.39. The normalized spacial score (nSPS) is 9.20. The second-order valence-electron chi connectivity index (χ2n) is 6.04. The smallest absolute Gasteiger partial charge is 0.334 e. The Morgan fingerprint density at radius 1 is 0.960 bits per heavy atom. The molecule has 0 spiro atoms. The van der Waals surface area contributed by atoms with E-state index in [1.807, 2.05) is 0 Å². The number of hydrogen-bond acceptors (Lipinski definition) is 4. The van der Waals surface area contributed by atoms with Crippen LogP contribution in [0.15, 0.2) is 24.3 Å². The molecule has 0 aromatic rings. The first-order chi connectivity index (χ1) is 11.1. The minimum atomic E-state index is -0.811. The maximum atomic E-state index is 11.0. The Morgan fingerprint density at radius 3 is 1.48 bits per heavy atom. The van der Waals surface area contributed by atoms with E-state index >= 15 is 0 Å². The van der Waals surface area contributed by atoms with Gasteiger partial charge in [-0.05, 0) is 67.0 Å². The molecule has 0 rings (SSSR count). The van der Waals surface area contributed by atoms with Crippen LogP contribution in [0.3, 0.4) is 0 Å². The summed E-state index contributed by atoms with van der Waals surface area (Å²) >= 11 is 4.87. The molecule has 0 atom stereocenters. The highest BCUT2D eigenvalue weighted by Crippen LogP contribution is 2.09. The first-order valence-corrected chi connectivity index (χ1v) is 7.81. The van der Waals surface area contributed by atoms with Crippen molar-refractivity contribution in [3.63, 3.8) is 0 Å². The molecule has 0 aliphatic heterocycles. The zero-order valence-electron chi connectivity index (χ0n) is 16.5. The van der Waals surface area contributed by atoms with Gasteiger partial charge in [0.25, 0.3) is 0 Å². The molecule has 0 saturated carbocycles. The molecule has 0 heterocycles. The zero-order valence-corrected chi connectivity index (χ0v) is 17.2. The largest absolute Gasteiger partial charge is 0.443 e. The van der Waals surface area contributed by atoms with Crippen LogP contribution in [-0.4, -0.2) is 27.5 Å². The molecule has 0 aliphatic carbocycles. The highest BCUT2D eigenvalue weighted by atomic mass is 35.5. The first-order valence-electron chi connectivity index (χ1n) is 7.44. The average Bonchev–Trinajstić information content (AvgIpc) is 2.37. The van der Waals surface area contributed by atoms with E-state index < -0.39 is 22.4 Å². The van der Waals surface area contributed by atoms with Gasteiger partial charge in [0.15, 0.2) is 5.60 Å². The molecular formula is C20H29ClO4. The summed E-state index contributed by atoms with van der Waals surface area (Å²) in [5.74, 6) is 10.3. The van der Waals surface area contributed by atoms with Gasteiger partial charge in [-0.1, -0.05) is 25.0 Å². The molecule has 0 aromatic carbocycles. The van der Waals surface area contributed by atoms with Gasteiger partial charge in [-0.25, -0.2) is 4.79 Å². The quantitative estimate of drug-likeness (QED) is 0.354. The minimum absolute atomic E-state index is 0.386. The number of rotatable bonds is 3. The summed E-state index contributed by atoms with van der Waals surface area (Å²) in [6.45, 7) is 20.1. The summed E-state index contributed by atoms with van der Waals surface area (Å²) < 4.78 is 5.03. The molecule has 5 heteroatoms. The van der Waals surface area contributed by atoms with E-state index in [9.17, 15) is 9.59 Å². The average molecular weight is 369 g/mol. The molecule has 0 aliphatic rings. The van der Waals surface area contributed by atoms with Crippen molar-refractivity contribution < 1.29 is 19.4 Å². The lowest BCUT2D eigenvalue weighted by molar-refractivity contribution is -0.146. The lowest BCUT2D eigenvalue weighted by Crippen LogP contribution is -2.26. The highest BCUT2D eigenvalue weighted by molar-refractivity contribution is 6.67. The van der Waals surface area contributed by atoms with Gasteiger partial charge < -0.3 is 9.84 Å². The fraction of sp³-hybridized carbons (Fsp3) is 0.500. The predicted octanol–water partition coefficient (Wildman–Crippen LogP) is 4.02. The number of aliphatic hydroxyl groups is 1. The van der Waals surface area contributed by atoms with Gasteiger partial charge in [-0.3, -0.25) is 4.79 Å². The Kier molecular flexibility index (Phi) is 14.8. The number of halogens is 1. The molecule has 0 aromatic heterocycles. The molecular weight excluding hydrogens is 340 g/mol. The van der Waals surface area contributed by atoms with Crippen molar-refractivity contribution in [2.24, 2.45) is 0 Å². The zero-order chi connectivity index (χ0) is 20.8. The van der Waals surface area contributed by atoms with E-state index in [0.717, 1.165) is 0 Å². The molecule has 4 nitrogen and oxygen atoms in total. The Hall–Kier alpha value is -2.01. The number of ether oxygens (including phenoxy) is 1. The molecule has 25 heavy (non-hydrogen) atoms. The van der Waals surface area contributed by atoms with Crippen LogP contribution < -0.4 is 0 Å². The van der Waals surface area contributed by atoms with E-state index in [-0.39, 0.29) is 0 Å². The fourth-order valence-corrected chi connectivity index (χ4v) is 0.951. The van der Waals surface area contributed by atoms with Gasteiger partial charge in [0.2, 0.25) is 5.24 Å². The molecule has 0 bridgehead atoms. The summed E-state index contributed by atoms with van der Waals surface area (Å²) in [5, 5.41) is 8.38. The Labute approximate surface area is 157 Å². The van der Waals surface area contributed by atoms with Crippen molar-refractivity contribution in [1.29, 1.82) is 0 Å². The minimum Gasteiger partial charge on any atom is -0.443 e. The van der Waals surface area contributed by atoms with Crippen LogP contribution in [0, 0.1) is 23.7 Å². The Bertz CT molecular complexity index is 588. The van der Waals surface area contributed by atoms with E-state index in [0.29, 0.717) is 11.1 Å². The van der Waals surface area contributed by atoms with Crippen molar-refractivity contribution in [3.05, 3.63) is 24.3 Å². The maximum Gasteiger partial charge on any atom is 0.334 e. The van der Waals surface area contributed by atoms with E-state index in [2.05, 4.69) is 36.8 Å². The van der Waals surface area contributed by atoms with Crippen molar-refractivity contribution in [1.82, 2.24) is 0 Å². The Balaban J connectivity index is -0.000000317. The van der Waals surface area contributed by atoms with Crippen molar-refractivity contribution in [2.45, 2.75) is 66.6 Å². The lowest BCUT2D eigenvalue weighted by atomic mass is 10.1. The predicted molar refractivity (Wildman–Crippen MR) is 104 cm³/mol. The van der Waals surface area contributed by atoms with Crippen molar-refractivity contribution >= 4 is 22.8 Å². The third-order valence-corrected chi connectivity index (χ3v) is 2.21. The van der Waals surface area contributed by atoms with Gasteiger partial charge in [0.1, 0.15) is 5.60 Å². The number of carbonyl (C=O) groups excluding carboxylic acids is 2. The summed E-state index contributed by atoms with van der Waals surface area (Å²) in [6.07, 6.45) is 0. The van der Waals surface area contributed by atoms with Crippen molar-refractivity contribution in [2.75, 3.05) is 0 Å². The van der Waals surface area contributed by atoms with Crippen LogP contribution >= 0.6 is 11.6 Å². The van der Waals surface area contributed by atoms with Gasteiger partial charge >= 0.3 is 5.97 Å². The van der Waals surface area contributed by atoms with Crippen LogP contribution in [0.25, 0.3) is 0 Å². The maximum absolute atomic E-state index is 11.0. The molecule has 0 saturated heterocycles. The topological polar surface area (TPSA) is 63.6 Å². The van der Waals surface area contributed by atoms with Crippen molar-refractivity contribution in [3.8, 4) is 23.7 Å². The van der Waals surface area contributed by atoms with Crippen LogP contribution in [0.5, 0.6) is 0 Å². The molecule has 1 N–H and O–H groups in total. The standard InChI is InChI=1S/C10H14O2.C6H10O.C4H5ClO/c1-6-7-10(4,5)12-9(11)8(2)3;1-4-5-6(2,3)7;1-3(2)4(5)6/h2H2,1,3-5H3;7H,1-3H3;1H2,2H3. The number of carbonyl (C=O) groups is 2. The summed E-state index contributed by atoms with van der Waals surface area (Å²) in [4.78, 5) is 20.9. The van der Waals surface area contributed by atoms with Gasteiger partial charge in [-0.15, -0.1) is 11.8 Å². The van der Waals surface area contributed by atoms with Crippen LogP contribution in [-0.2, 0) is 14.3 Å². The van der Waals surface area contributed by atoms with Gasteiger partial charge in [0, 0.05) is 11.1 Å². The number of hydrogen-bond donors (Lipinski definition) is 1. The fourth-order valence-electron chi connectivity index (χ4n) is 0.951. The van der Waals surface area contributed by atoms with E-state index in [1.165, 1.54) is 0 Å². The van der Waals surface area contributed by atoms with Gasteiger partial charge in [-0.2, -0.15) is 0 Å². The number of esters is 1. The molecule has 0 amide bonds. The molecule has 0 radical (unpaired) electrons. The first kappa shape index (κ1) is 27.8. The van der Waals surface area contributed by atoms with E-state index in [1.54, 1.807) is 55.4 Å². The van der Waals surface area contributed by atoms with Gasteiger partial charge in [0.05, 0.1) is 0 Å². The third-order valence-electron chi connectivity index (χ3n) is 1.89. The monoisotopic (exact) mass is 368 g/mol. The second kappa shape index (κ2) is 13.3. The summed E-state index contributed by atoms with van der Waals surface area (Å²) in [7, 11) is 0. The SMILES string of the molecule is C=C(C)C(=O)Cl.C=C(C)C(=O)OC(C)(C)C#CC.CC#CC(C)(C)O. The lowest BCUT2D eigenvalue weighted by Gasteiger charge is -2.18. The van der Waals surface area contributed by atoms with Crippen LogP contribution in [0.2, 0.25) is 0 Å². The molecule has 140 valence electrons. The Morgan fingerprint density at radius 2 is 1.32 bits per heavy atom. The summed E-state index contributed by atoms with van der Waals surface area (Å²) in [6, 6.07) is 0. The highest BCUT2D eigenvalue weighted by Gasteiger charge is 2.19.